The van der Waals surface area contributed by atoms with Gasteiger partial charge in [-0.3, -0.25) is 9.69 Å². The quantitative estimate of drug-likeness (QED) is 0.304. The molecule has 10 heteroatoms. The Labute approximate surface area is 258 Å². The van der Waals surface area contributed by atoms with Gasteiger partial charge in [0.05, 0.1) is 18.1 Å². The lowest BCUT2D eigenvalue weighted by atomic mass is 9.62. The normalized spacial score (nSPS) is 22.3. The summed E-state index contributed by atoms with van der Waals surface area (Å²) >= 11 is 0. The molecule has 2 aliphatic carbocycles. The third-order valence-corrected chi connectivity index (χ3v) is 9.79. The molecule has 1 aromatic heterocycles. The number of nitrogens with zero attached hydrogens (tertiary/aromatic N) is 5. The highest BCUT2D eigenvalue weighted by molar-refractivity contribution is 6.10. The first kappa shape index (κ1) is 30.2. The first-order valence-corrected chi connectivity index (χ1v) is 15.4. The number of alkyl halides is 1. The first-order valence-electron chi connectivity index (χ1n) is 15.4. The van der Waals surface area contributed by atoms with Gasteiger partial charge in [-0.2, -0.15) is 0 Å². The van der Waals surface area contributed by atoms with E-state index in [0.29, 0.717) is 22.3 Å². The number of ether oxygens (including phenoxy) is 2. The summed E-state index contributed by atoms with van der Waals surface area (Å²) in [5.74, 6) is 0.674. The number of benzene rings is 2. The summed E-state index contributed by atoms with van der Waals surface area (Å²) in [7, 11) is 3.66. The summed E-state index contributed by atoms with van der Waals surface area (Å²) in [6.07, 6.45) is 5.67. The molecule has 2 fully saturated rings. The second-order valence-electron chi connectivity index (χ2n) is 13.9. The molecule has 0 spiro atoms. The SMILES string of the molecule is COC1CC(c2cccc(N3Cc4c(CF)cc(CN(C(=O)OC5(C)CCC5)C(C)(C)C)cc4C3=O)c2)(c2nncn2C)C1. The summed E-state index contributed by atoms with van der Waals surface area (Å²) in [6, 6.07) is 11.6. The number of amides is 2. The molecule has 234 valence electrons. The van der Waals surface area contributed by atoms with Crippen molar-refractivity contribution >= 4 is 17.7 Å². The van der Waals surface area contributed by atoms with Gasteiger partial charge in [0, 0.05) is 37.5 Å². The number of rotatable bonds is 8. The summed E-state index contributed by atoms with van der Waals surface area (Å²) in [6.45, 7) is 7.59. The van der Waals surface area contributed by atoms with Gasteiger partial charge in [0.25, 0.3) is 5.91 Å². The zero-order valence-electron chi connectivity index (χ0n) is 26.5. The van der Waals surface area contributed by atoms with Crippen molar-refractivity contribution in [3.05, 3.63) is 76.4 Å². The van der Waals surface area contributed by atoms with E-state index in [4.69, 9.17) is 9.47 Å². The van der Waals surface area contributed by atoms with E-state index >= 15 is 0 Å². The van der Waals surface area contributed by atoms with Crippen LogP contribution in [0.2, 0.25) is 0 Å². The largest absolute Gasteiger partial charge is 0.443 e. The monoisotopic (exact) mass is 603 g/mol. The van der Waals surface area contributed by atoms with E-state index in [1.54, 1.807) is 29.3 Å². The van der Waals surface area contributed by atoms with Crippen LogP contribution in [0, 0.1) is 0 Å². The van der Waals surface area contributed by atoms with Crippen molar-refractivity contribution in [2.45, 2.75) is 102 Å². The Morgan fingerprint density at radius 2 is 1.93 bits per heavy atom. The number of carbonyl (C=O) groups excluding carboxylic acids is 2. The lowest BCUT2D eigenvalue weighted by molar-refractivity contribution is -0.0582. The third-order valence-electron chi connectivity index (χ3n) is 9.79. The van der Waals surface area contributed by atoms with E-state index in [0.717, 1.165) is 49.2 Å². The number of aromatic nitrogens is 3. The van der Waals surface area contributed by atoms with Gasteiger partial charge in [-0.15, -0.1) is 10.2 Å². The van der Waals surface area contributed by atoms with E-state index in [1.165, 1.54) is 0 Å². The number of aryl methyl sites for hydroxylation is 1. The lowest BCUT2D eigenvalue weighted by Gasteiger charge is -2.46. The number of methoxy groups -OCH3 is 1. The predicted molar refractivity (Wildman–Crippen MR) is 164 cm³/mol. The maximum atomic E-state index is 14.5. The molecule has 0 saturated heterocycles. The molecule has 0 bridgehead atoms. The van der Waals surface area contributed by atoms with Crippen molar-refractivity contribution in [1.29, 1.82) is 0 Å². The minimum atomic E-state index is -0.705. The summed E-state index contributed by atoms with van der Waals surface area (Å²) in [4.78, 5) is 30.6. The van der Waals surface area contributed by atoms with Gasteiger partial charge >= 0.3 is 6.09 Å². The van der Waals surface area contributed by atoms with Gasteiger partial charge in [0.2, 0.25) is 0 Å². The molecule has 3 aromatic rings. The molecule has 0 atom stereocenters. The van der Waals surface area contributed by atoms with Crippen LogP contribution in [-0.4, -0.2) is 56.0 Å². The van der Waals surface area contributed by atoms with Gasteiger partial charge in [-0.25, -0.2) is 9.18 Å². The van der Waals surface area contributed by atoms with Gasteiger partial charge < -0.3 is 18.9 Å². The molecule has 0 N–H and O–H groups in total. The van der Waals surface area contributed by atoms with Crippen molar-refractivity contribution in [2.24, 2.45) is 7.05 Å². The fourth-order valence-electron chi connectivity index (χ4n) is 6.89. The summed E-state index contributed by atoms with van der Waals surface area (Å²) < 4.78 is 28.0. The van der Waals surface area contributed by atoms with Crippen LogP contribution < -0.4 is 4.90 Å². The number of carbonyl (C=O) groups is 2. The van der Waals surface area contributed by atoms with Crippen LogP contribution >= 0.6 is 0 Å². The van der Waals surface area contributed by atoms with Crippen molar-refractivity contribution in [2.75, 3.05) is 12.0 Å². The highest BCUT2D eigenvalue weighted by atomic mass is 19.1. The molecular formula is C34H42FN5O4. The number of hydrogen-bond donors (Lipinski definition) is 0. The van der Waals surface area contributed by atoms with Crippen LogP contribution in [0.3, 0.4) is 0 Å². The smallest absolute Gasteiger partial charge is 0.411 e. The van der Waals surface area contributed by atoms with E-state index < -0.39 is 23.9 Å². The average Bonchev–Trinajstić information content (AvgIpc) is 3.52. The van der Waals surface area contributed by atoms with Crippen LogP contribution in [0.5, 0.6) is 0 Å². The molecule has 0 unspecified atom stereocenters. The summed E-state index contributed by atoms with van der Waals surface area (Å²) in [5, 5.41) is 8.56. The van der Waals surface area contributed by atoms with Gasteiger partial charge in [-0.1, -0.05) is 18.2 Å². The molecular weight excluding hydrogens is 561 g/mol. The van der Waals surface area contributed by atoms with Crippen molar-refractivity contribution in [3.63, 3.8) is 0 Å². The van der Waals surface area contributed by atoms with E-state index in [1.807, 2.05) is 63.6 Å². The highest BCUT2D eigenvalue weighted by Crippen LogP contribution is 2.50. The molecule has 2 saturated carbocycles. The van der Waals surface area contributed by atoms with Crippen LogP contribution in [0.25, 0.3) is 0 Å². The van der Waals surface area contributed by atoms with Crippen LogP contribution in [-0.2, 0) is 41.7 Å². The molecule has 2 heterocycles. The minimum Gasteiger partial charge on any atom is -0.443 e. The number of anilines is 1. The summed E-state index contributed by atoms with van der Waals surface area (Å²) in [5.41, 5.74) is 2.75. The molecule has 9 nitrogen and oxygen atoms in total. The topological polar surface area (TPSA) is 89.8 Å². The Bertz CT molecular complexity index is 1580. The average molecular weight is 604 g/mol. The van der Waals surface area contributed by atoms with Gasteiger partial charge in [0.1, 0.15) is 24.4 Å². The molecule has 0 radical (unpaired) electrons. The molecule has 1 aliphatic heterocycles. The van der Waals surface area contributed by atoms with Crippen LogP contribution in [0.15, 0.2) is 42.7 Å². The Morgan fingerprint density at radius 3 is 2.52 bits per heavy atom. The Kier molecular flexibility index (Phi) is 7.55. The molecule has 2 amide bonds. The molecule has 44 heavy (non-hydrogen) atoms. The fraction of sp³-hybridized carbons (Fsp3) is 0.529. The zero-order chi connectivity index (χ0) is 31.4. The van der Waals surface area contributed by atoms with E-state index in [-0.39, 0.29) is 30.5 Å². The third kappa shape index (κ3) is 5.16. The number of hydrogen-bond acceptors (Lipinski definition) is 6. The predicted octanol–water partition coefficient (Wildman–Crippen LogP) is 6.22. The van der Waals surface area contributed by atoms with Crippen molar-refractivity contribution < 1.29 is 23.5 Å². The number of halogens is 1. The van der Waals surface area contributed by atoms with Crippen LogP contribution in [0.1, 0.15) is 98.2 Å². The Morgan fingerprint density at radius 1 is 1.18 bits per heavy atom. The van der Waals surface area contributed by atoms with E-state index in [2.05, 4.69) is 16.3 Å². The molecule has 2 aromatic carbocycles. The maximum Gasteiger partial charge on any atom is 0.411 e. The van der Waals surface area contributed by atoms with Crippen molar-refractivity contribution in [1.82, 2.24) is 19.7 Å². The highest BCUT2D eigenvalue weighted by Gasteiger charge is 2.50. The van der Waals surface area contributed by atoms with E-state index in [9.17, 15) is 14.0 Å². The Balaban J connectivity index is 1.29. The second-order valence-corrected chi connectivity index (χ2v) is 13.9. The number of fused-ring (bicyclic) bond motifs is 1. The van der Waals surface area contributed by atoms with Crippen LogP contribution in [0.4, 0.5) is 14.9 Å². The fourth-order valence-corrected chi connectivity index (χ4v) is 6.89. The standard InChI is InChI=1S/C34H42FN5O4/c1-32(2,3)40(31(42)44-33(4)11-8-12-33)19-22-13-23(18-35)28-20-39(29(41)27(28)14-22)25-10-7-9-24(15-25)34(16-26(17-34)43-6)30-37-36-21-38(30)5/h7,9-10,13-15,21,26H,8,11-12,16-20H2,1-6H3. The molecule has 3 aliphatic rings. The molecule has 6 rings (SSSR count). The Hall–Kier alpha value is -3.79. The second kappa shape index (κ2) is 11.0. The maximum absolute atomic E-state index is 14.5. The zero-order valence-corrected chi connectivity index (χ0v) is 26.5. The minimum absolute atomic E-state index is 0.111. The van der Waals surface area contributed by atoms with Crippen molar-refractivity contribution in [3.8, 4) is 0 Å². The van der Waals surface area contributed by atoms with Gasteiger partial charge in [-0.05, 0) is 100 Å². The lowest BCUT2D eigenvalue weighted by Crippen LogP contribution is -2.49. The first-order chi connectivity index (χ1) is 20.9. The van der Waals surface area contributed by atoms with Gasteiger partial charge in [0.15, 0.2) is 0 Å².